The highest BCUT2D eigenvalue weighted by atomic mass is 33.1. The molecule has 0 saturated carbocycles. The van der Waals surface area contributed by atoms with Crippen molar-refractivity contribution in [3.05, 3.63) is 0 Å². The smallest absolute Gasteiger partial charge is 0.196 e. The number of hydrazone groups is 2. The van der Waals surface area contributed by atoms with Gasteiger partial charge in [-0.2, -0.15) is 10.2 Å². The predicted octanol–water partition coefficient (Wildman–Crippen LogP) is -0.232. The van der Waals surface area contributed by atoms with Crippen molar-refractivity contribution < 1.29 is 0 Å². The van der Waals surface area contributed by atoms with Crippen LogP contribution < -0.4 is 23.4 Å². The van der Waals surface area contributed by atoms with Crippen LogP contribution in [-0.2, 0) is 0 Å². The SMILES string of the molecule is CN(C)CCN(N)/C(=N\N)SCCSSCCS/C(=N/N)N(N)CCN(C)C. The summed E-state index contributed by atoms with van der Waals surface area (Å²) in [4.78, 5) is 4.13. The van der Waals surface area contributed by atoms with E-state index >= 15 is 0 Å². The predicted molar refractivity (Wildman–Crippen MR) is 132 cm³/mol. The molecule has 0 spiro atoms. The standard InChI is InChI=1S/C14H36N10S4/c1-21(2)5-7-23(17)13(19-15)25-9-11-27-28-12-10-26-14(20-16)24(18)8-6-22(3)4/h5-12,15-18H2,1-4H3/b19-13+,20-14+. The van der Waals surface area contributed by atoms with Gasteiger partial charge in [-0.15, -0.1) is 0 Å². The van der Waals surface area contributed by atoms with Crippen LogP contribution in [0.4, 0.5) is 0 Å². The van der Waals surface area contributed by atoms with Crippen molar-refractivity contribution in [3.8, 4) is 0 Å². The summed E-state index contributed by atoms with van der Waals surface area (Å²) in [6.45, 7) is 3.07. The first-order chi connectivity index (χ1) is 13.3. The van der Waals surface area contributed by atoms with Gasteiger partial charge in [0, 0.05) is 49.2 Å². The van der Waals surface area contributed by atoms with Gasteiger partial charge < -0.3 is 21.5 Å². The first-order valence-electron chi connectivity index (χ1n) is 8.71. The second kappa shape index (κ2) is 17.6. The monoisotopic (exact) mass is 472 g/mol. The highest BCUT2D eigenvalue weighted by Crippen LogP contribution is 2.24. The Hall–Kier alpha value is -0.220. The molecule has 0 aromatic heterocycles. The van der Waals surface area contributed by atoms with Crippen LogP contribution in [0.3, 0.4) is 0 Å². The van der Waals surface area contributed by atoms with Crippen LogP contribution in [0, 0.1) is 0 Å². The molecule has 0 aliphatic heterocycles. The van der Waals surface area contributed by atoms with Crippen LogP contribution in [0.5, 0.6) is 0 Å². The minimum absolute atomic E-state index is 0.660. The number of nitrogens with zero attached hydrogens (tertiary/aromatic N) is 6. The van der Waals surface area contributed by atoms with Crippen molar-refractivity contribution in [2.24, 2.45) is 33.6 Å². The molecule has 8 N–H and O–H groups in total. The summed E-state index contributed by atoms with van der Waals surface area (Å²) < 4.78 is 0. The van der Waals surface area contributed by atoms with Crippen LogP contribution in [0.25, 0.3) is 0 Å². The third kappa shape index (κ3) is 14.7. The Kier molecular flexibility index (Phi) is 17.5. The van der Waals surface area contributed by atoms with Crippen LogP contribution in [0.15, 0.2) is 10.2 Å². The highest BCUT2D eigenvalue weighted by molar-refractivity contribution is 8.76. The number of hydrogen-bond acceptors (Lipinski definition) is 12. The molecule has 0 aliphatic rings. The third-order valence-corrected chi connectivity index (χ3v) is 8.11. The lowest BCUT2D eigenvalue weighted by molar-refractivity contribution is 0.338. The second-order valence-electron chi connectivity index (χ2n) is 6.16. The molecule has 0 aromatic carbocycles. The van der Waals surface area contributed by atoms with E-state index in [2.05, 4.69) is 20.0 Å². The fraction of sp³-hybridized carbons (Fsp3) is 0.857. The lowest BCUT2D eigenvalue weighted by Gasteiger charge is -2.21. The molecule has 166 valence electrons. The van der Waals surface area contributed by atoms with Crippen molar-refractivity contribution in [2.75, 3.05) is 77.4 Å². The molecule has 0 atom stereocenters. The number of hydrogen-bond donors (Lipinski definition) is 4. The zero-order valence-electron chi connectivity index (χ0n) is 17.3. The summed E-state index contributed by atoms with van der Waals surface area (Å²) >= 11 is 3.14. The van der Waals surface area contributed by atoms with E-state index in [9.17, 15) is 0 Å². The van der Waals surface area contributed by atoms with E-state index in [1.807, 2.05) is 49.8 Å². The van der Waals surface area contributed by atoms with Gasteiger partial charge in [0.25, 0.3) is 0 Å². The van der Waals surface area contributed by atoms with Gasteiger partial charge in [-0.25, -0.2) is 11.7 Å². The summed E-state index contributed by atoms with van der Waals surface area (Å²) in [6, 6.07) is 0. The molecule has 0 heterocycles. The zero-order chi connectivity index (χ0) is 21.4. The Balaban J connectivity index is 3.82. The number of thioether (sulfide) groups is 2. The van der Waals surface area contributed by atoms with Crippen molar-refractivity contribution >= 4 is 55.4 Å². The van der Waals surface area contributed by atoms with Gasteiger partial charge in [0.05, 0.1) is 0 Å². The van der Waals surface area contributed by atoms with E-state index in [1.165, 1.54) is 0 Å². The Morgan fingerprint density at radius 3 is 1.29 bits per heavy atom. The number of nitrogens with two attached hydrogens (primary N) is 4. The summed E-state index contributed by atoms with van der Waals surface area (Å²) in [5, 5.41) is 12.1. The molecule has 10 nitrogen and oxygen atoms in total. The lowest BCUT2D eigenvalue weighted by atomic mass is 10.6. The highest BCUT2D eigenvalue weighted by Gasteiger charge is 2.10. The molecule has 0 bridgehead atoms. The summed E-state index contributed by atoms with van der Waals surface area (Å²) in [7, 11) is 11.6. The molecular formula is C14H36N10S4. The van der Waals surface area contributed by atoms with Crippen LogP contribution in [0.1, 0.15) is 0 Å². The number of likely N-dealkylation sites (N-methyl/N-ethyl adjacent to an activating group) is 2. The zero-order valence-corrected chi connectivity index (χ0v) is 20.5. The maximum absolute atomic E-state index is 5.98. The van der Waals surface area contributed by atoms with E-state index in [0.29, 0.717) is 23.4 Å². The van der Waals surface area contributed by atoms with Crippen molar-refractivity contribution in [1.82, 2.24) is 19.8 Å². The first-order valence-corrected chi connectivity index (χ1v) is 13.2. The number of rotatable bonds is 13. The van der Waals surface area contributed by atoms with Gasteiger partial charge in [-0.1, -0.05) is 45.1 Å². The Morgan fingerprint density at radius 2 is 1.00 bits per heavy atom. The molecule has 0 aliphatic carbocycles. The van der Waals surface area contributed by atoms with Gasteiger partial charge in [0.15, 0.2) is 10.3 Å². The van der Waals surface area contributed by atoms with E-state index < -0.39 is 0 Å². The lowest BCUT2D eigenvalue weighted by Crippen LogP contribution is -2.41. The van der Waals surface area contributed by atoms with Gasteiger partial charge in [0.2, 0.25) is 0 Å². The quantitative estimate of drug-likeness (QED) is 0.0702. The summed E-state index contributed by atoms with van der Waals surface area (Å²) in [5.41, 5.74) is 0. The van der Waals surface area contributed by atoms with Gasteiger partial charge >= 0.3 is 0 Å². The molecule has 0 aromatic rings. The van der Waals surface area contributed by atoms with E-state index in [4.69, 9.17) is 23.4 Å². The van der Waals surface area contributed by atoms with Crippen molar-refractivity contribution in [1.29, 1.82) is 0 Å². The van der Waals surface area contributed by atoms with E-state index in [0.717, 1.165) is 36.1 Å². The average molecular weight is 473 g/mol. The Morgan fingerprint density at radius 1 is 0.643 bits per heavy atom. The van der Waals surface area contributed by atoms with E-state index in [1.54, 1.807) is 33.5 Å². The topological polar surface area (TPSA) is 142 Å². The molecule has 14 heteroatoms. The molecule has 0 unspecified atom stereocenters. The maximum Gasteiger partial charge on any atom is 0.196 e. The van der Waals surface area contributed by atoms with E-state index in [-0.39, 0.29) is 0 Å². The van der Waals surface area contributed by atoms with Gasteiger partial charge in [0.1, 0.15) is 0 Å². The Labute approximate surface area is 185 Å². The first kappa shape index (κ1) is 27.8. The molecule has 0 radical (unpaired) electrons. The van der Waals surface area contributed by atoms with Gasteiger partial charge in [-0.05, 0) is 28.2 Å². The summed E-state index contributed by atoms with van der Waals surface area (Å²) in [6.07, 6.45) is 0. The fourth-order valence-electron chi connectivity index (χ4n) is 1.65. The minimum atomic E-state index is 0.660. The summed E-state index contributed by atoms with van der Waals surface area (Å²) in [5.74, 6) is 26.6. The molecular weight excluding hydrogens is 436 g/mol. The fourth-order valence-corrected chi connectivity index (χ4v) is 6.05. The van der Waals surface area contributed by atoms with Crippen molar-refractivity contribution in [3.63, 3.8) is 0 Å². The Bertz CT molecular complexity index is 410. The average Bonchev–Trinajstić information content (AvgIpc) is 2.65. The van der Waals surface area contributed by atoms with Crippen LogP contribution in [0.2, 0.25) is 0 Å². The molecule has 0 rings (SSSR count). The van der Waals surface area contributed by atoms with Crippen LogP contribution in [-0.4, -0.2) is 108 Å². The van der Waals surface area contributed by atoms with Crippen molar-refractivity contribution in [2.45, 2.75) is 0 Å². The second-order valence-corrected chi connectivity index (χ2v) is 11.0. The van der Waals surface area contributed by atoms with Gasteiger partial charge in [-0.3, -0.25) is 10.0 Å². The maximum atomic E-state index is 5.98. The number of hydrazine groups is 2. The normalized spacial score (nSPS) is 12.9. The molecule has 0 amide bonds. The molecule has 0 fully saturated rings. The number of amidine groups is 2. The molecule has 28 heavy (non-hydrogen) atoms. The minimum Gasteiger partial charge on any atom is -0.321 e. The molecule has 0 saturated heterocycles. The van der Waals surface area contributed by atoms with Crippen LogP contribution >= 0.6 is 45.1 Å². The largest absolute Gasteiger partial charge is 0.321 e. The third-order valence-electron chi connectivity index (χ3n) is 3.17.